The normalized spacial score (nSPS) is 18.7. The van der Waals surface area contributed by atoms with Crippen LogP contribution in [0.3, 0.4) is 0 Å². The van der Waals surface area contributed by atoms with Crippen molar-refractivity contribution in [2.75, 3.05) is 39.6 Å². The molecule has 0 aromatic heterocycles. The van der Waals surface area contributed by atoms with Gasteiger partial charge in [0.15, 0.2) is 8.32 Å². The lowest BCUT2D eigenvalue weighted by molar-refractivity contribution is -0.193. The number of hydroxylamine groups is 4. The van der Waals surface area contributed by atoms with Crippen LogP contribution in [0.4, 0.5) is 0 Å². The minimum atomic E-state index is -1.83. The van der Waals surface area contributed by atoms with E-state index in [0.717, 1.165) is 44.9 Å². The Hall–Kier alpha value is -2.06. The summed E-state index contributed by atoms with van der Waals surface area (Å²) in [5, 5.41) is 12.1. The van der Waals surface area contributed by atoms with Crippen LogP contribution in [-0.4, -0.2) is 99.0 Å². The molecule has 0 aromatic rings. The molecule has 0 bridgehead atoms. The molecular formula is C32H60N2O10Si. The number of amides is 2. The second-order valence-corrected chi connectivity index (χ2v) is 17.8. The summed E-state index contributed by atoms with van der Waals surface area (Å²) in [4.78, 5) is 57.0. The van der Waals surface area contributed by atoms with Gasteiger partial charge in [-0.15, -0.1) is 0 Å². The van der Waals surface area contributed by atoms with E-state index >= 15 is 0 Å². The van der Waals surface area contributed by atoms with Crippen LogP contribution in [0.1, 0.15) is 112 Å². The lowest BCUT2D eigenvalue weighted by Crippen LogP contribution is -2.45. The highest BCUT2D eigenvalue weighted by atomic mass is 28.4. The molecule has 2 atom stereocenters. The van der Waals surface area contributed by atoms with Gasteiger partial charge in [-0.2, -0.15) is 0 Å². The number of esters is 2. The second-order valence-electron chi connectivity index (χ2n) is 13.0. The number of hydrogen-bond donors (Lipinski definition) is 1. The van der Waals surface area contributed by atoms with Crippen LogP contribution in [0.5, 0.6) is 0 Å². The zero-order valence-electron chi connectivity index (χ0n) is 28.9. The number of nitrogens with zero attached hydrogens (tertiary/aromatic N) is 2. The maximum absolute atomic E-state index is 12.1. The zero-order valence-corrected chi connectivity index (χ0v) is 29.9. The fourth-order valence-electron chi connectivity index (χ4n) is 4.52. The van der Waals surface area contributed by atoms with Crippen molar-refractivity contribution in [1.29, 1.82) is 0 Å². The predicted molar refractivity (Wildman–Crippen MR) is 172 cm³/mol. The maximum atomic E-state index is 12.1. The fourth-order valence-corrected chi connectivity index (χ4v) is 5.57. The van der Waals surface area contributed by atoms with Crippen LogP contribution in [0.15, 0.2) is 0 Å². The van der Waals surface area contributed by atoms with Crippen molar-refractivity contribution in [3.8, 4) is 0 Å². The number of hydrogen-bond acceptors (Lipinski definition) is 10. The smallest absolute Gasteiger partial charge is 0.305 e. The number of unbranched alkanes of at least 4 members (excludes halogenated alkanes) is 4. The molecular weight excluding hydrogens is 600 g/mol. The van der Waals surface area contributed by atoms with Crippen LogP contribution >= 0.6 is 0 Å². The number of aliphatic hydroxyl groups excluding tert-OH is 1. The predicted octanol–water partition coefficient (Wildman–Crippen LogP) is 5.08. The summed E-state index contributed by atoms with van der Waals surface area (Å²) in [5.41, 5.74) is 0. The molecule has 13 heteroatoms. The monoisotopic (exact) mass is 660 g/mol. The van der Waals surface area contributed by atoms with Crippen LogP contribution < -0.4 is 0 Å². The third-order valence-corrected chi connectivity index (χ3v) is 12.8. The largest absolute Gasteiger partial charge is 0.466 e. The van der Waals surface area contributed by atoms with Gasteiger partial charge in [-0.3, -0.25) is 28.9 Å². The van der Waals surface area contributed by atoms with E-state index in [4.69, 9.17) is 28.7 Å². The molecule has 2 aliphatic rings. The first-order valence-electron chi connectivity index (χ1n) is 16.7. The molecule has 2 saturated heterocycles. The fraction of sp³-hybridized carbons (Fsp3) is 0.875. The molecule has 262 valence electrons. The van der Waals surface area contributed by atoms with Crippen molar-refractivity contribution >= 4 is 32.1 Å². The standard InChI is InChI=1S/C19H37NO5Si.C13H23NO5/c1-7-23-18(22)11-9-8-10-14-24-20-16(12-13-17(20)21)15-25-26(5,6)19(2,3)4;1-2-18-13(17)6-4-3-5-9-19-14-11(10-15)7-8-12(14)16/h16H,7-15H2,1-6H3;11,15H,2-10H2,1H3. The van der Waals surface area contributed by atoms with E-state index in [1.807, 2.05) is 6.92 Å². The number of ether oxygens (including phenoxy) is 2. The van der Waals surface area contributed by atoms with Gasteiger partial charge in [-0.1, -0.05) is 33.6 Å². The van der Waals surface area contributed by atoms with E-state index in [0.29, 0.717) is 65.1 Å². The first-order chi connectivity index (χ1) is 21.3. The van der Waals surface area contributed by atoms with Crippen molar-refractivity contribution in [1.82, 2.24) is 10.1 Å². The molecule has 2 aliphatic heterocycles. The number of carbonyl (C=O) groups is 4. The summed E-state index contributed by atoms with van der Waals surface area (Å²) < 4.78 is 16.0. The molecule has 0 aliphatic carbocycles. The SMILES string of the molecule is CCOC(=O)CCCCCON1C(=O)CCC1CO.CCOC(=O)CCCCCON1C(=O)CCC1CO[Si](C)(C)C(C)(C)C. The van der Waals surface area contributed by atoms with Gasteiger partial charge in [-0.25, -0.2) is 10.1 Å². The van der Waals surface area contributed by atoms with Crippen LogP contribution in [0, 0.1) is 0 Å². The molecule has 2 amide bonds. The Morgan fingerprint density at radius 3 is 1.64 bits per heavy atom. The molecule has 2 unspecified atom stereocenters. The lowest BCUT2D eigenvalue weighted by Gasteiger charge is -2.37. The molecule has 45 heavy (non-hydrogen) atoms. The molecule has 0 saturated carbocycles. The molecule has 12 nitrogen and oxygen atoms in total. The highest BCUT2D eigenvalue weighted by Crippen LogP contribution is 2.37. The molecule has 2 fully saturated rings. The van der Waals surface area contributed by atoms with Gasteiger partial charge in [-0.05, 0) is 70.5 Å². The van der Waals surface area contributed by atoms with E-state index in [9.17, 15) is 19.2 Å². The van der Waals surface area contributed by atoms with Crippen molar-refractivity contribution < 1.29 is 47.9 Å². The van der Waals surface area contributed by atoms with Crippen molar-refractivity contribution in [2.24, 2.45) is 0 Å². The van der Waals surface area contributed by atoms with Crippen molar-refractivity contribution in [2.45, 2.75) is 142 Å². The summed E-state index contributed by atoms with van der Waals surface area (Å²) >= 11 is 0. The van der Waals surface area contributed by atoms with Gasteiger partial charge in [0, 0.05) is 25.7 Å². The van der Waals surface area contributed by atoms with Gasteiger partial charge >= 0.3 is 11.9 Å². The van der Waals surface area contributed by atoms with Crippen molar-refractivity contribution in [3.05, 3.63) is 0 Å². The zero-order chi connectivity index (χ0) is 33.9. The van der Waals surface area contributed by atoms with E-state index in [1.54, 1.807) is 6.92 Å². The van der Waals surface area contributed by atoms with Gasteiger partial charge < -0.3 is 19.0 Å². The Kier molecular flexibility index (Phi) is 19.7. The molecule has 0 radical (unpaired) electrons. The Balaban J connectivity index is 0.000000472. The third-order valence-electron chi connectivity index (χ3n) is 8.31. The summed E-state index contributed by atoms with van der Waals surface area (Å²) in [5.74, 6) is -0.338. The van der Waals surface area contributed by atoms with Gasteiger partial charge in [0.1, 0.15) is 0 Å². The van der Waals surface area contributed by atoms with Crippen LogP contribution in [0.2, 0.25) is 18.1 Å². The second kappa shape index (κ2) is 21.7. The summed E-state index contributed by atoms with van der Waals surface area (Å²) in [7, 11) is -1.83. The number of carbonyl (C=O) groups excluding carboxylic acids is 4. The van der Waals surface area contributed by atoms with Crippen LogP contribution in [0.25, 0.3) is 0 Å². The van der Waals surface area contributed by atoms with Gasteiger partial charge in [0.25, 0.3) is 0 Å². The van der Waals surface area contributed by atoms with Crippen LogP contribution in [-0.2, 0) is 42.8 Å². The number of aliphatic hydroxyl groups is 1. The Bertz CT molecular complexity index is 896. The lowest BCUT2D eigenvalue weighted by atomic mass is 10.2. The Labute approximate surface area is 271 Å². The molecule has 2 rings (SSSR count). The minimum absolute atomic E-state index is 0.0103. The summed E-state index contributed by atoms with van der Waals surface area (Å²) in [6.45, 7) is 16.9. The van der Waals surface area contributed by atoms with E-state index in [2.05, 4.69) is 33.9 Å². The quantitative estimate of drug-likeness (QED) is 0.107. The maximum Gasteiger partial charge on any atom is 0.305 e. The Morgan fingerprint density at radius 2 is 1.22 bits per heavy atom. The summed E-state index contributed by atoms with van der Waals surface area (Å²) in [6, 6.07) is -0.191. The molecule has 0 spiro atoms. The number of rotatable bonds is 20. The molecule has 1 N–H and O–H groups in total. The molecule has 0 aromatic carbocycles. The molecule has 2 heterocycles. The average Bonchev–Trinajstić information content (AvgIpc) is 3.52. The van der Waals surface area contributed by atoms with E-state index < -0.39 is 8.32 Å². The minimum Gasteiger partial charge on any atom is -0.466 e. The van der Waals surface area contributed by atoms with Gasteiger partial charge in [0.2, 0.25) is 11.8 Å². The summed E-state index contributed by atoms with van der Waals surface area (Å²) in [6.07, 6.45) is 8.15. The Morgan fingerprint density at radius 1 is 0.778 bits per heavy atom. The topological polar surface area (TPSA) is 141 Å². The van der Waals surface area contributed by atoms with Crippen molar-refractivity contribution in [3.63, 3.8) is 0 Å². The third kappa shape index (κ3) is 15.9. The first kappa shape index (κ1) is 41.0. The highest BCUT2D eigenvalue weighted by Gasteiger charge is 2.40. The van der Waals surface area contributed by atoms with Gasteiger partial charge in [0.05, 0.1) is 51.7 Å². The average molecular weight is 661 g/mol. The first-order valence-corrected chi connectivity index (χ1v) is 19.6. The van der Waals surface area contributed by atoms with E-state index in [1.165, 1.54) is 10.1 Å². The van der Waals surface area contributed by atoms with E-state index in [-0.39, 0.29) is 47.5 Å². The highest BCUT2D eigenvalue weighted by molar-refractivity contribution is 6.74.